The lowest BCUT2D eigenvalue weighted by Crippen LogP contribution is -2.49. The molecule has 0 amide bonds. The summed E-state index contributed by atoms with van der Waals surface area (Å²) in [5.41, 5.74) is 7.39. The summed E-state index contributed by atoms with van der Waals surface area (Å²) in [5.74, 6) is 9.12. The van der Waals surface area contributed by atoms with Gasteiger partial charge in [0.1, 0.15) is 48.3 Å². The molecule has 5 atom stereocenters. The largest absolute Gasteiger partial charge is 0.346 e. The number of aryl methyl sites for hydroxylation is 6. The molecule has 698 valence electrons. The van der Waals surface area contributed by atoms with Crippen LogP contribution in [0.4, 0.5) is 29.1 Å². The second-order valence-electron chi connectivity index (χ2n) is 39.9. The smallest absolute Gasteiger partial charge is 0.198 e. The highest BCUT2D eigenvalue weighted by atomic mass is 15.6. The van der Waals surface area contributed by atoms with E-state index in [1.54, 1.807) is 0 Å². The molecule has 0 saturated carbocycles. The monoisotopic (exact) mass is 1770 g/mol. The number of rotatable bonds is 20. The average Bonchev–Trinajstić information content (AvgIpc) is 1.59. The van der Waals surface area contributed by atoms with E-state index < -0.39 is 0 Å². The quantitative estimate of drug-likeness (QED) is 0.0665. The number of imidazole rings is 3. The highest BCUT2D eigenvalue weighted by Gasteiger charge is 2.46. The Bertz CT molecular complexity index is 5860. The van der Waals surface area contributed by atoms with Crippen LogP contribution in [0.25, 0.3) is 21.9 Å². The molecular formula is C101H154N29+5. The van der Waals surface area contributed by atoms with Gasteiger partial charge in [-0.1, -0.05) is 30.3 Å². The lowest BCUT2D eigenvalue weighted by Gasteiger charge is -2.41. The maximum atomic E-state index is 4.97. The van der Waals surface area contributed by atoms with Gasteiger partial charge in [0.15, 0.2) is 90.3 Å². The molecule has 12 aromatic rings. The minimum absolute atomic E-state index is 0.141. The maximum absolute atomic E-state index is 4.97. The van der Waals surface area contributed by atoms with Crippen molar-refractivity contribution in [1.29, 1.82) is 0 Å². The molecule has 0 unspecified atom stereocenters. The number of para-hydroxylation sites is 3. The summed E-state index contributed by atoms with van der Waals surface area (Å²) < 4.78 is 33.1. The first-order valence-corrected chi connectivity index (χ1v) is 46.6. The van der Waals surface area contributed by atoms with E-state index in [1.165, 1.54) is 62.6 Å². The SMILES string of the molecule is CC(C)[n+]1ccc(N2C=CN(C(C)(C)c3cc4ccccc4n3C)[C@@H]2C)n1C.CC(C)[n+]1ccc(N2C=CN(C(C)(C)c3nc4ccccc4n3C)[C@@H]2C)n1C.CC(C)[n+]1ccc(N2C=CN(C(C)(C)c3nccn3C)[C@@H]2C)n1C.Cc1cc(C(C)(C)N2C=CN(c3cc[n+](C(C)C)n3C)[C@H]2C)n(C)n1.Cc1ncc(C(C)(C)N2C=CN(c3cc[n+](C(C)C)n3C)[C@H]2C)n1C. The minimum atomic E-state index is -0.252. The number of aromatic nitrogens is 19. The van der Waals surface area contributed by atoms with Crippen LogP contribution < -0.4 is 47.9 Å². The average molecular weight is 1770 g/mol. The first-order chi connectivity index (χ1) is 61.0. The lowest BCUT2D eigenvalue weighted by molar-refractivity contribution is -0.789. The van der Waals surface area contributed by atoms with Gasteiger partial charge in [0.05, 0.1) is 128 Å². The molecule has 0 saturated heterocycles. The standard InChI is InChI=1S/C23H32N5.C22H31N6.2C19H31N6.C18H29N6/c1-17(2)28-13-12-22(25(28)7)26-14-15-27(18(26)3)23(4,5)21-16-19-10-8-9-11-20(19)24(21)6;1-16(2)28-13-12-20(25(28)7)26-14-15-27(17(26)3)22(4,5)21-23-18-10-8-9-11-19(18)24(21)6;1-14(2)25-10-9-18(22(25)8)23-11-12-24(16(23)4)19(5,6)17-13-20-15(3)21(17)7;1-14(2)25-10-9-18(22(25)8)23-11-12-24(16(23)4)19(5,6)17-13-15(3)20-21(17)7;1-14(2)24-10-8-16(21(24)7)22-12-13-23(15(22)3)18(4,5)17-19-9-11-20(17)6/h8-18H,1-7H3;8-17H,1-7H3;2*9-14,16H,1-8H3;8-15H,1-7H3/q5*+1/t18-;17-;2*16-;15-/m11111/s1. The van der Waals surface area contributed by atoms with Crippen molar-refractivity contribution in [2.24, 2.45) is 70.5 Å². The van der Waals surface area contributed by atoms with Gasteiger partial charge in [-0.2, -0.15) is 5.10 Å². The number of benzene rings is 2. The van der Waals surface area contributed by atoms with E-state index in [0.717, 1.165) is 28.7 Å². The van der Waals surface area contributed by atoms with Crippen molar-refractivity contribution >= 4 is 51.0 Å². The molecule has 0 aliphatic carbocycles. The van der Waals surface area contributed by atoms with Gasteiger partial charge >= 0.3 is 0 Å². The van der Waals surface area contributed by atoms with Gasteiger partial charge in [-0.3, -0.25) is 4.68 Å². The third-order valence-electron chi connectivity index (χ3n) is 28.2. The van der Waals surface area contributed by atoms with Gasteiger partial charge < -0.3 is 67.3 Å². The van der Waals surface area contributed by atoms with Crippen molar-refractivity contribution in [3.63, 3.8) is 0 Å². The van der Waals surface area contributed by atoms with Crippen LogP contribution in [0.1, 0.15) is 244 Å². The van der Waals surface area contributed by atoms with Crippen LogP contribution in [0.2, 0.25) is 0 Å². The van der Waals surface area contributed by atoms with Crippen LogP contribution in [0.15, 0.2) is 203 Å². The third-order valence-corrected chi connectivity index (χ3v) is 28.2. The molecule has 0 radical (unpaired) electrons. The van der Waals surface area contributed by atoms with E-state index >= 15 is 0 Å². The number of hydrogen-bond acceptors (Lipinski definition) is 14. The molecule has 2 aromatic carbocycles. The van der Waals surface area contributed by atoms with Crippen LogP contribution in [0.3, 0.4) is 0 Å². The van der Waals surface area contributed by atoms with Crippen molar-refractivity contribution < 1.29 is 23.4 Å². The van der Waals surface area contributed by atoms with Crippen LogP contribution in [0.5, 0.6) is 0 Å². The van der Waals surface area contributed by atoms with Crippen LogP contribution in [0, 0.1) is 13.8 Å². The molecule has 0 fully saturated rings. The minimum Gasteiger partial charge on any atom is -0.346 e. The fraction of sp³-hybridized carbons (Fsp3) is 0.515. The number of anilines is 5. The summed E-state index contributed by atoms with van der Waals surface area (Å²) in [6.45, 7) is 60.0. The normalized spacial score (nSPS) is 17.8. The van der Waals surface area contributed by atoms with E-state index in [0.29, 0.717) is 30.2 Å². The predicted octanol–water partition coefficient (Wildman–Crippen LogP) is 16.0. The fourth-order valence-electron chi connectivity index (χ4n) is 20.8. The zero-order chi connectivity index (χ0) is 95.1. The maximum Gasteiger partial charge on any atom is 0.198 e. The summed E-state index contributed by atoms with van der Waals surface area (Å²) >= 11 is 0. The first kappa shape index (κ1) is 95.4. The van der Waals surface area contributed by atoms with E-state index in [-0.39, 0.29) is 58.5 Å². The van der Waals surface area contributed by atoms with E-state index in [1.807, 2.05) is 50.2 Å². The fourth-order valence-corrected chi connectivity index (χ4v) is 20.8. The Kier molecular flexibility index (Phi) is 26.6. The first-order valence-electron chi connectivity index (χ1n) is 46.6. The molecular weight excluding hydrogens is 1620 g/mol. The van der Waals surface area contributed by atoms with E-state index in [9.17, 15) is 0 Å². The van der Waals surface area contributed by atoms with Crippen molar-refractivity contribution in [2.75, 3.05) is 24.5 Å². The molecule has 5 aliphatic heterocycles. The zero-order valence-corrected chi connectivity index (χ0v) is 85.3. The second-order valence-corrected chi connectivity index (χ2v) is 39.9. The highest BCUT2D eigenvalue weighted by molar-refractivity contribution is 5.81. The molecule has 5 aliphatic rings. The van der Waals surface area contributed by atoms with Gasteiger partial charge in [0.2, 0.25) is 0 Å². The van der Waals surface area contributed by atoms with Crippen molar-refractivity contribution in [3.05, 3.63) is 243 Å². The van der Waals surface area contributed by atoms with Gasteiger partial charge in [0, 0.05) is 121 Å². The van der Waals surface area contributed by atoms with Crippen LogP contribution in [-0.4, -0.2) is 122 Å². The molecule has 15 heterocycles. The summed E-state index contributed by atoms with van der Waals surface area (Å²) in [7, 11) is 21.0. The van der Waals surface area contributed by atoms with Crippen molar-refractivity contribution in [3.8, 4) is 0 Å². The summed E-state index contributed by atoms with van der Waals surface area (Å²) in [6, 6.07) is 34.5. The second kappa shape index (κ2) is 36.3. The molecule has 29 heteroatoms. The van der Waals surface area contributed by atoms with Gasteiger partial charge in [-0.25, -0.2) is 15.0 Å². The van der Waals surface area contributed by atoms with Gasteiger partial charge in [-0.05, 0) is 223 Å². The Balaban J connectivity index is 0.000000139. The Morgan fingerprint density at radius 2 is 0.654 bits per heavy atom. The summed E-state index contributed by atoms with van der Waals surface area (Å²) in [5, 5.41) is 5.83. The molecule has 130 heavy (non-hydrogen) atoms. The van der Waals surface area contributed by atoms with Gasteiger partial charge in [-0.15, -0.1) is 46.8 Å². The zero-order valence-electron chi connectivity index (χ0n) is 85.3. The Hall–Kier alpha value is -12.2. The van der Waals surface area contributed by atoms with Crippen molar-refractivity contribution in [1.82, 2.24) is 90.9 Å². The molecule has 0 bridgehead atoms. The number of fused-ring (bicyclic) bond motifs is 2. The van der Waals surface area contributed by atoms with E-state index in [4.69, 9.17) is 4.98 Å². The molecule has 0 spiro atoms. The molecule has 10 aromatic heterocycles. The highest BCUT2D eigenvalue weighted by Crippen LogP contribution is 2.43. The predicted molar refractivity (Wildman–Crippen MR) is 522 cm³/mol. The topological polar surface area (TPSA) is 153 Å². The van der Waals surface area contributed by atoms with Crippen LogP contribution in [-0.2, 0) is 98.2 Å². The lowest BCUT2D eigenvalue weighted by atomic mass is 9.97. The van der Waals surface area contributed by atoms with Crippen molar-refractivity contribution in [2.45, 2.75) is 276 Å². The van der Waals surface area contributed by atoms with Gasteiger partial charge in [0.25, 0.3) is 0 Å². The third kappa shape index (κ3) is 17.1. The Morgan fingerprint density at radius 1 is 0.331 bits per heavy atom. The Labute approximate surface area is 774 Å². The van der Waals surface area contributed by atoms with Crippen LogP contribution >= 0.6 is 0 Å². The number of nitrogens with zero attached hydrogens (tertiary/aromatic N) is 29. The number of hydrogen-bond donors (Lipinski definition) is 0. The Morgan fingerprint density at radius 3 is 0.954 bits per heavy atom. The van der Waals surface area contributed by atoms with E-state index in [2.05, 4.69) is 544 Å². The molecule has 17 rings (SSSR count). The molecule has 29 nitrogen and oxygen atoms in total. The summed E-state index contributed by atoms with van der Waals surface area (Å²) in [4.78, 5) is 37.6. The molecule has 0 N–H and O–H groups in total. The summed E-state index contributed by atoms with van der Waals surface area (Å²) in [6.07, 6.45) is 39.6.